The average molecular weight is 452 g/mol. The van der Waals surface area contributed by atoms with Crippen molar-refractivity contribution < 1.29 is 9.59 Å². The summed E-state index contributed by atoms with van der Waals surface area (Å²) in [5.41, 5.74) is 1.80. The second kappa shape index (κ2) is 10.1. The third-order valence-corrected chi connectivity index (χ3v) is 7.57. The fourth-order valence-electron chi connectivity index (χ4n) is 3.66. The van der Waals surface area contributed by atoms with Gasteiger partial charge < -0.3 is 10.2 Å². The highest BCUT2D eigenvalue weighted by atomic mass is 32.2. The van der Waals surface area contributed by atoms with Gasteiger partial charge in [0.25, 0.3) is 5.91 Å². The second-order valence-corrected chi connectivity index (χ2v) is 9.69. The van der Waals surface area contributed by atoms with Gasteiger partial charge in [-0.15, -0.1) is 23.1 Å². The van der Waals surface area contributed by atoms with E-state index in [0.29, 0.717) is 31.7 Å². The molecule has 0 aliphatic carbocycles. The molecule has 3 heterocycles. The first-order valence-electron chi connectivity index (χ1n) is 10.4. The Kier molecular flexibility index (Phi) is 7.04. The van der Waals surface area contributed by atoms with E-state index in [0.717, 1.165) is 21.8 Å². The highest BCUT2D eigenvalue weighted by molar-refractivity contribution is 7.98. The molecule has 31 heavy (non-hydrogen) atoms. The quantitative estimate of drug-likeness (QED) is 0.521. The lowest BCUT2D eigenvalue weighted by atomic mass is 9.95. The van der Waals surface area contributed by atoms with Gasteiger partial charge >= 0.3 is 0 Å². The summed E-state index contributed by atoms with van der Waals surface area (Å²) in [6.45, 7) is 3.14. The SMILES string of the molecule is Cc1ccnc(NC(=O)C2CCN(C(=O)c3ccccc3SCc3cccs3)CC2)c1. The lowest BCUT2D eigenvalue weighted by molar-refractivity contribution is -0.121. The van der Waals surface area contributed by atoms with E-state index in [4.69, 9.17) is 0 Å². The number of rotatable bonds is 6. The van der Waals surface area contributed by atoms with E-state index in [1.165, 1.54) is 4.88 Å². The summed E-state index contributed by atoms with van der Waals surface area (Å²) in [7, 11) is 0. The van der Waals surface area contributed by atoms with Crippen molar-refractivity contribution in [2.45, 2.75) is 30.4 Å². The number of anilines is 1. The summed E-state index contributed by atoms with van der Waals surface area (Å²) in [4.78, 5) is 34.2. The number of pyridine rings is 1. The number of aromatic nitrogens is 1. The van der Waals surface area contributed by atoms with Gasteiger partial charge in [-0.25, -0.2) is 4.98 Å². The normalized spacial score (nSPS) is 14.4. The lowest BCUT2D eigenvalue weighted by Gasteiger charge is -2.31. The maximum atomic E-state index is 13.2. The maximum Gasteiger partial charge on any atom is 0.254 e. The molecule has 1 aromatic carbocycles. The minimum atomic E-state index is -0.102. The van der Waals surface area contributed by atoms with Gasteiger partial charge in [0.15, 0.2) is 0 Å². The zero-order chi connectivity index (χ0) is 21.6. The summed E-state index contributed by atoms with van der Waals surface area (Å²) < 4.78 is 0. The van der Waals surface area contributed by atoms with Crippen LogP contribution in [0.2, 0.25) is 0 Å². The summed E-state index contributed by atoms with van der Waals surface area (Å²) >= 11 is 3.43. The zero-order valence-corrected chi connectivity index (χ0v) is 19.0. The van der Waals surface area contributed by atoms with Crippen LogP contribution in [-0.2, 0) is 10.5 Å². The average Bonchev–Trinajstić information content (AvgIpc) is 3.31. The van der Waals surface area contributed by atoms with Gasteiger partial charge in [-0.3, -0.25) is 9.59 Å². The lowest BCUT2D eigenvalue weighted by Crippen LogP contribution is -2.41. The van der Waals surface area contributed by atoms with E-state index < -0.39 is 0 Å². The first-order chi connectivity index (χ1) is 15.1. The number of likely N-dealkylation sites (tertiary alicyclic amines) is 1. The Morgan fingerprint density at radius 2 is 1.97 bits per heavy atom. The Morgan fingerprint density at radius 1 is 1.16 bits per heavy atom. The van der Waals surface area contributed by atoms with E-state index in [9.17, 15) is 9.59 Å². The number of hydrogen-bond donors (Lipinski definition) is 1. The highest BCUT2D eigenvalue weighted by Crippen LogP contribution is 2.30. The third-order valence-electron chi connectivity index (χ3n) is 5.39. The number of benzene rings is 1. The minimum Gasteiger partial charge on any atom is -0.339 e. The smallest absolute Gasteiger partial charge is 0.254 e. The molecular weight excluding hydrogens is 426 g/mol. The summed E-state index contributed by atoms with van der Waals surface area (Å²) in [5.74, 6) is 1.37. The number of piperidine rings is 1. The van der Waals surface area contributed by atoms with E-state index in [1.807, 2.05) is 54.3 Å². The zero-order valence-electron chi connectivity index (χ0n) is 17.4. The topological polar surface area (TPSA) is 62.3 Å². The predicted molar refractivity (Wildman–Crippen MR) is 127 cm³/mol. The number of nitrogens with zero attached hydrogens (tertiary/aromatic N) is 2. The van der Waals surface area contributed by atoms with Crippen molar-refractivity contribution in [2.24, 2.45) is 5.92 Å². The van der Waals surface area contributed by atoms with Crippen molar-refractivity contribution in [1.29, 1.82) is 0 Å². The van der Waals surface area contributed by atoms with Crippen molar-refractivity contribution in [3.05, 3.63) is 76.1 Å². The fraction of sp³-hybridized carbons (Fsp3) is 0.292. The van der Waals surface area contributed by atoms with Crippen LogP contribution in [0.4, 0.5) is 5.82 Å². The molecule has 7 heteroatoms. The van der Waals surface area contributed by atoms with Crippen LogP contribution in [0.3, 0.4) is 0 Å². The Morgan fingerprint density at radius 3 is 2.71 bits per heavy atom. The molecule has 0 bridgehead atoms. The Hall–Kier alpha value is -2.64. The fourth-order valence-corrected chi connectivity index (χ4v) is 5.48. The van der Waals surface area contributed by atoms with Gasteiger partial charge in [-0.05, 0) is 61.0 Å². The molecule has 3 aromatic rings. The van der Waals surface area contributed by atoms with Crippen LogP contribution >= 0.6 is 23.1 Å². The summed E-state index contributed by atoms with van der Waals surface area (Å²) in [6, 6.07) is 15.7. The van der Waals surface area contributed by atoms with Crippen molar-refractivity contribution >= 4 is 40.7 Å². The molecule has 1 fully saturated rings. The number of carbonyl (C=O) groups excluding carboxylic acids is 2. The Labute approximate surface area is 190 Å². The Balaban J connectivity index is 1.34. The molecule has 0 spiro atoms. The van der Waals surface area contributed by atoms with Crippen LogP contribution in [-0.4, -0.2) is 34.8 Å². The first kappa shape index (κ1) is 21.6. The van der Waals surface area contributed by atoms with Gasteiger partial charge in [0, 0.05) is 40.7 Å². The number of thioether (sulfide) groups is 1. The number of nitrogens with one attached hydrogen (secondary N) is 1. The molecule has 1 saturated heterocycles. The van der Waals surface area contributed by atoms with Gasteiger partial charge in [-0.2, -0.15) is 0 Å². The van der Waals surface area contributed by atoms with Crippen LogP contribution in [0.5, 0.6) is 0 Å². The van der Waals surface area contributed by atoms with Crippen LogP contribution in [0.15, 0.2) is 65.0 Å². The molecular formula is C24H25N3O2S2. The van der Waals surface area contributed by atoms with E-state index in [2.05, 4.69) is 21.7 Å². The third kappa shape index (κ3) is 5.54. The predicted octanol–water partition coefficient (Wildman–Crippen LogP) is 5.23. The van der Waals surface area contributed by atoms with E-state index in [-0.39, 0.29) is 17.7 Å². The molecule has 1 N–H and O–H groups in total. The number of carbonyl (C=O) groups is 2. The summed E-state index contributed by atoms with van der Waals surface area (Å²) in [5, 5.41) is 4.98. The largest absolute Gasteiger partial charge is 0.339 e. The molecule has 0 radical (unpaired) electrons. The number of aryl methyl sites for hydroxylation is 1. The van der Waals surface area contributed by atoms with Crippen molar-refractivity contribution in [2.75, 3.05) is 18.4 Å². The number of thiophene rings is 1. The second-order valence-electron chi connectivity index (χ2n) is 7.64. The molecule has 1 aliphatic heterocycles. The van der Waals surface area contributed by atoms with E-state index >= 15 is 0 Å². The molecule has 2 amide bonds. The maximum absolute atomic E-state index is 13.2. The van der Waals surface area contributed by atoms with Crippen molar-refractivity contribution in [3.63, 3.8) is 0 Å². The molecule has 1 aliphatic rings. The molecule has 0 saturated carbocycles. The molecule has 0 atom stereocenters. The standard InChI is InChI=1S/C24H25N3O2S2/c1-17-8-11-25-22(15-17)26-23(28)18-9-12-27(13-10-18)24(29)20-6-2-3-7-21(20)31-16-19-5-4-14-30-19/h2-8,11,14-15,18H,9-10,12-13,16H2,1H3,(H,25,26,28). The molecule has 4 rings (SSSR count). The van der Waals surface area contributed by atoms with Crippen LogP contribution in [0.25, 0.3) is 0 Å². The van der Waals surface area contributed by atoms with Gasteiger partial charge in [0.1, 0.15) is 5.82 Å². The number of hydrogen-bond acceptors (Lipinski definition) is 5. The Bertz CT molecular complexity index is 1040. The van der Waals surface area contributed by atoms with Gasteiger partial charge in [0.2, 0.25) is 5.91 Å². The molecule has 0 unspecified atom stereocenters. The van der Waals surface area contributed by atoms with Crippen LogP contribution in [0, 0.1) is 12.8 Å². The van der Waals surface area contributed by atoms with E-state index in [1.54, 1.807) is 29.3 Å². The van der Waals surface area contributed by atoms with Crippen LogP contribution in [0.1, 0.15) is 33.6 Å². The summed E-state index contributed by atoms with van der Waals surface area (Å²) in [6.07, 6.45) is 3.02. The molecule has 2 aromatic heterocycles. The van der Waals surface area contributed by atoms with Crippen molar-refractivity contribution in [1.82, 2.24) is 9.88 Å². The first-order valence-corrected chi connectivity index (χ1v) is 12.2. The van der Waals surface area contributed by atoms with Crippen LogP contribution < -0.4 is 5.32 Å². The molecule has 5 nitrogen and oxygen atoms in total. The minimum absolute atomic E-state index is 0.0166. The van der Waals surface area contributed by atoms with Gasteiger partial charge in [-0.1, -0.05) is 18.2 Å². The molecule has 160 valence electrons. The highest BCUT2D eigenvalue weighted by Gasteiger charge is 2.29. The van der Waals surface area contributed by atoms with Gasteiger partial charge in [0.05, 0.1) is 5.56 Å². The van der Waals surface area contributed by atoms with Crippen molar-refractivity contribution in [3.8, 4) is 0 Å². The number of amides is 2. The monoisotopic (exact) mass is 451 g/mol.